The summed E-state index contributed by atoms with van der Waals surface area (Å²) in [5.41, 5.74) is -0.472. The minimum absolute atomic E-state index is 0.0912. The van der Waals surface area contributed by atoms with Crippen molar-refractivity contribution >= 4 is 5.91 Å². The van der Waals surface area contributed by atoms with Crippen LogP contribution in [0.1, 0.15) is 34.5 Å². The van der Waals surface area contributed by atoms with E-state index in [2.05, 4.69) is 10.4 Å². The highest BCUT2D eigenvalue weighted by molar-refractivity contribution is 5.95. The van der Waals surface area contributed by atoms with Gasteiger partial charge in [0.25, 0.3) is 5.91 Å². The Morgan fingerprint density at radius 2 is 2.04 bits per heavy atom. The van der Waals surface area contributed by atoms with Crippen LogP contribution in [0.3, 0.4) is 0 Å². The van der Waals surface area contributed by atoms with Crippen LogP contribution in [0.25, 0.3) is 5.69 Å². The van der Waals surface area contributed by atoms with Crippen molar-refractivity contribution in [1.29, 1.82) is 0 Å². The van der Waals surface area contributed by atoms with E-state index in [0.717, 1.165) is 23.7 Å². The number of nitrogens with one attached hydrogen (secondary N) is 1. The van der Waals surface area contributed by atoms with E-state index in [-0.39, 0.29) is 6.04 Å². The lowest BCUT2D eigenvalue weighted by Gasteiger charge is -2.32. The number of hydrogen-bond donors (Lipinski definition) is 1. The maximum Gasteiger partial charge on any atom is 0.434 e. The minimum atomic E-state index is -4.69. The molecule has 1 aliphatic heterocycles. The standard InChI is InChI=1S/C18H21F3N4O/c1-12-6-3-4-8-15(12)25-16(18(19,20)21)14(10-23-25)17(26)24-9-5-7-13(11-24)22-2/h3-4,6,8,10,13,22H,5,7,9,11H2,1-2H3. The predicted octanol–water partition coefficient (Wildman–Crippen LogP) is 3.02. The number of carbonyl (C=O) groups excluding carboxylic acids is 1. The minimum Gasteiger partial charge on any atom is -0.337 e. The SMILES string of the molecule is CNC1CCCN(C(=O)c2cnn(-c3ccccc3C)c2C(F)(F)F)C1. The Kier molecular flexibility index (Phi) is 5.04. The van der Waals surface area contributed by atoms with E-state index in [1.165, 1.54) is 4.90 Å². The summed E-state index contributed by atoms with van der Waals surface area (Å²) < 4.78 is 42.2. The van der Waals surface area contributed by atoms with E-state index in [9.17, 15) is 18.0 Å². The Morgan fingerprint density at radius 3 is 2.69 bits per heavy atom. The van der Waals surface area contributed by atoms with E-state index < -0.39 is 23.3 Å². The molecule has 5 nitrogen and oxygen atoms in total. The lowest BCUT2D eigenvalue weighted by atomic mass is 10.0. The first-order valence-corrected chi connectivity index (χ1v) is 8.50. The number of aryl methyl sites for hydroxylation is 1. The molecule has 1 aliphatic rings. The first kappa shape index (κ1) is 18.4. The van der Waals surface area contributed by atoms with Gasteiger partial charge in [0.15, 0.2) is 5.69 Å². The number of amides is 1. The van der Waals surface area contributed by atoms with Gasteiger partial charge in [0.2, 0.25) is 0 Å². The second kappa shape index (κ2) is 7.11. The zero-order valence-electron chi connectivity index (χ0n) is 14.7. The summed E-state index contributed by atoms with van der Waals surface area (Å²) in [6, 6.07) is 6.75. The van der Waals surface area contributed by atoms with Crippen molar-refractivity contribution in [1.82, 2.24) is 20.0 Å². The van der Waals surface area contributed by atoms with Gasteiger partial charge in [-0.2, -0.15) is 18.3 Å². The van der Waals surface area contributed by atoms with E-state index in [4.69, 9.17) is 0 Å². The third kappa shape index (κ3) is 3.46. The topological polar surface area (TPSA) is 50.2 Å². The number of rotatable bonds is 3. The zero-order valence-corrected chi connectivity index (χ0v) is 14.7. The molecular formula is C18H21F3N4O. The van der Waals surface area contributed by atoms with E-state index in [0.29, 0.717) is 24.3 Å². The number of likely N-dealkylation sites (tertiary alicyclic amines) is 1. The number of piperidine rings is 1. The quantitative estimate of drug-likeness (QED) is 0.909. The van der Waals surface area contributed by atoms with Gasteiger partial charge >= 0.3 is 6.18 Å². The van der Waals surface area contributed by atoms with Gasteiger partial charge in [-0.1, -0.05) is 18.2 Å². The van der Waals surface area contributed by atoms with Gasteiger partial charge in [-0.25, -0.2) is 4.68 Å². The van der Waals surface area contributed by atoms with Crippen molar-refractivity contribution in [2.75, 3.05) is 20.1 Å². The van der Waals surface area contributed by atoms with Gasteiger partial charge in [-0.05, 0) is 38.4 Å². The summed E-state index contributed by atoms with van der Waals surface area (Å²) in [5, 5.41) is 6.99. The number of hydrogen-bond acceptors (Lipinski definition) is 3. The molecule has 1 unspecified atom stereocenters. The molecule has 1 amide bonds. The molecule has 26 heavy (non-hydrogen) atoms. The molecule has 1 N–H and O–H groups in total. The number of para-hydroxylation sites is 1. The van der Waals surface area contributed by atoms with Crippen LogP contribution >= 0.6 is 0 Å². The number of benzene rings is 1. The highest BCUT2D eigenvalue weighted by atomic mass is 19.4. The fourth-order valence-corrected chi connectivity index (χ4v) is 3.33. The largest absolute Gasteiger partial charge is 0.434 e. The van der Waals surface area contributed by atoms with Gasteiger partial charge in [0.1, 0.15) is 0 Å². The molecule has 1 saturated heterocycles. The molecule has 0 spiro atoms. The Bertz CT molecular complexity index is 800. The van der Waals surface area contributed by atoms with Gasteiger partial charge in [-0.3, -0.25) is 4.79 Å². The Morgan fingerprint density at radius 1 is 1.31 bits per heavy atom. The van der Waals surface area contributed by atoms with Crippen molar-refractivity contribution in [3.05, 3.63) is 47.3 Å². The van der Waals surface area contributed by atoms with Crippen molar-refractivity contribution in [2.24, 2.45) is 0 Å². The van der Waals surface area contributed by atoms with Crippen molar-refractivity contribution in [3.8, 4) is 5.69 Å². The highest BCUT2D eigenvalue weighted by Crippen LogP contribution is 2.35. The predicted molar refractivity (Wildman–Crippen MR) is 91.3 cm³/mol. The van der Waals surface area contributed by atoms with Gasteiger partial charge in [0.05, 0.1) is 17.4 Å². The molecule has 3 rings (SSSR count). The molecule has 1 aromatic carbocycles. The third-order valence-corrected chi connectivity index (χ3v) is 4.73. The summed E-state index contributed by atoms with van der Waals surface area (Å²) in [5.74, 6) is -0.628. The monoisotopic (exact) mass is 366 g/mol. The second-order valence-electron chi connectivity index (χ2n) is 6.48. The molecule has 2 aromatic rings. The summed E-state index contributed by atoms with van der Waals surface area (Å²) >= 11 is 0. The lowest BCUT2D eigenvalue weighted by molar-refractivity contribution is -0.143. The van der Waals surface area contributed by atoms with Gasteiger partial charge < -0.3 is 10.2 Å². The molecule has 1 atom stereocenters. The molecule has 0 aliphatic carbocycles. The van der Waals surface area contributed by atoms with Crippen LogP contribution in [0.15, 0.2) is 30.5 Å². The Balaban J connectivity index is 2.03. The smallest absolute Gasteiger partial charge is 0.337 e. The van der Waals surface area contributed by atoms with Crippen LogP contribution in [0.5, 0.6) is 0 Å². The zero-order chi connectivity index (χ0) is 18.9. The Labute approximate surface area is 149 Å². The van der Waals surface area contributed by atoms with Crippen LogP contribution in [0.4, 0.5) is 13.2 Å². The fraction of sp³-hybridized carbons (Fsp3) is 0.444. The number of nitrogens with zero attached hydrogens (tertiary/aromatic N) is 3. The van der Waals surface area contributed by atoms with Crippen LogP contribution in [-0.2, 0) is 6.18 Å². The molecule has 1 fully saturated rings. The second-order valence-corrected chi connectivity index (χ2v) is 6.48. The summed E-state index contributed by atoms with van der Waals surface area (Å²) in [4.78, 5) is 14.3. The van der Waals surface area contributed by atoms with Crippen LogP contribution < -0.4 is 5.32 Å². The number of halogens is 3. The maximum atomic E-state index is 13.8. The molecule has 0 saturated carbocycles. The highest BCUT2D eigenvalue weighted by Gasteiger charge is 2.42. The average Bonchev–Trinajstić information content (AvgIpc) is 3.06. The van der Waals surface area contributed by atoms with Crippen molar-refractivity contribution in [3.63, 3.8) is 0 Å². The Hall–Kier alpha value is -2.35. The normalized spacial score (nSPS) is 18.2. The van der Waals surface area contributed by atoms with Crippen molar-refractivity contribution < 1.29 is 18.0 Å². The van der Waals surface area contributed by atoms with Crippen LogP contribution in [-0.4, -0.2) is 46.8 Å². The average molecular weight is 366 g/mol. The molecule has 140 valence electrons. The molecule has 1 aromatic heterocycles. The van der Waals surface area contributed by atoms with E-state index in [1.807, 2.05) is 0 Å². The van der Waals surface area contributed by atoms with Crippen molar-refractivity contribution in [2.45, 2.75) is 32.0 Å². The number of aromatic nitrogens is 2. The van der Waals surface area contributed by atoms with Crippen LogP contribution in [0, 0.1) is 6.92 Å². The van der Waals surface area contributed by atoms with E-state index >= 15 is 0 Å². The number of carbonyl (C=O) groups is 1. The first-order valence-electron chi connectivity index (χ1n) is 8.50. The molecule has 2 heterocycles. The summed E-state index contributed by atoms with van der Waals surface area (Å²) in [7, 11) is 1.79. The maximum absolute atomic E-state index is 13.8. The number of likely N-dealkylation sites (N-methyl/N-ethyl adjacent to an activating group) is 1. The number of alkyl halides is 3. The summed E-state index contributed by atoms with van der Waals surface area (Å²) in [6.07, 6.45) is -2.01. The van der Waals surface area contributed by atoms with Crippen LogP contribution in [0.2, 0.25) is 0 Å². The molecule has 8 heteroatoms. The van der Waals surface area contributed by atoms with Gasteiger partial charge in [-0.15, -0.1) is 0 Å². The van der Waals surface area contributed by atoms with Gasteiger partial charge in [0, 0.05) is 19.1 Å². The lowest BCUT2D eigenvalue weighted by Crippen LogP contribution is -2.47. The third-order valence-electron chi connectivity index (χ3n) is 4.73. The molecule has 0 bridgehead atoms. The fourth-order valence-electron chi connectivity index (χ4n) is 3.33. The summed E-state index contributed by atoms with van der Waals surface area (Å²) in [6.45, 7) is 2.55. The van der Waals surface area contributed by atoms with E-state index in [1.54, 1.807) is 38.2 Å². The molecule has 0 radical (unpaired) electrons. The molecular weight excluding hydrogens is 345 g/mol. The first-order chi connectivity index (χ1) is 12.3.